The van der Waals surface area contributed by atoms with Crippen molar-refractivity contribution in [1.29, 1.82) is 0 Å². The van der Waals surface area contributed by atoms with Crippen LogP contribution in [0.3, 0.4) is 0 Å². The quantitative estimate of drug-likeness (QED) is 0.218. The molecule has 0 aromatic heterocycles. The predicted molar refractivity (Wildman–Crippen MR) is 157 cm³/mol. The maximum Gasteiger partial charge on any atom is 0.336 e. The molecule has 2 aliphatic carbocycles. The van der Waals surface area contributed by atoms with Crippen molar-refractivity contribution < 1.29 is 19.1 Å². The molecule has 2 aliphatic heterocycles. The molecular weight excluding hydrogens is 500 g/mol. The van der Waals surface area contributed by atoms with Crippen molar-refractivity contribution in [3.05, 3.63) is 84.0 Å². The van der Waals surface area contributed by atoms with Gasteiger partial charge < -0.3 is 9.47 Å². The molecule has 0 spiro atoms. The first-order valence-electron chi connectivity index (χ1n) is 14.7. The van der Waals surface area contributed by atoms with Gasteiger partial charge in [-0.05, 0) is 96.9 Å². The summed E-state index contributed by atoms with van der Waals surface area (Å²) in [7, 11) is 0. The largest absolute Gasteiger partial charge is 0.423 e. The van der Waals surface area contributed by atoms with Gasteiger partial charge in [0.15, 0.2) is 0 Å². The highest BCUT2D eigenvalue weighted by atomic mass is 16.5. The van der Waals surface area contributed by atoms with Crippen LogP contribution in [0, 0.1) is 11.8 Å². The molecule has 4 aliphatic rings. The van der Waals surface area contributed by atoms with E-state index in [1.54, 1.807) is 12.1 Å². The predicted octanol–water partition coefficient (Wildman–Crippen LogP) is 5.75. The summed E-state index contributed by atoms with van der Waals surface area (Å²) >= 11 is 0. The Morgan fingerprint density at radius 3 is 1.57 bits per heavy atom. The molecule has 0 saturated heterocycles. The van der Waals surface area contributed by atoms with Crippen molar-refractivity contribution >= 4 is 23.1 Å². The second kappa shape index (κ2) is 12.4. The van der Waals surface area contributed by atoms with Crippen LogP contribution in [-0.4, -0.2) is 61.0 Å². The standard InChI is InChI=1S/C34H38N2O4/c37-33(39-31-9-1-5-27(19-31)29-7-3-17-35(23-29)21-25-11-12-25)15-16-34(38)40-32-10-2-6-28(20-32)30-8-4-18-36(24-30)22-26-13-14-26/h1-2,5-10,15-16,19-20,25-26H,3-4,11-14,17-18,21-24H2/b16-15+. The highest BCUT2D eigenvalue weighted by Gasteiger charge is 2.26. The van der Waals surface area contributed by atoms with Gasteiger partial charge in [0.25, 0.3) is 0 Å². The molecule has 40 heavy (non-hydrogen) atoms. The molecule has 2 fully saturated rings. The fourth-order valence-electron chi connectivity index (χ4n) is 5.63. The van der Waals surface area contributed by atoms with E-state index in [4.69, 9.17) is 9.47 Å². The van der Waals surface area contributed by atoms with E-state index < -0.39 is 11.9 Å². The van der Waals surface area contributed by atoms with Crippen LogP contribution in [0.15, 0.2) is 72.8 Å². The van der Waals surface area contributed by atoms with Crippen LogP contribution < -0.4 is 9.47 Å². The van der Waals surface area contributed by atoms with E-state index in [2.05, 4.69) is 34.1 Å². The number of nitrogens with zero attached hydrogens (tertiary/aromatic N) is 2. The monoisotopic (exact) mass is 538 g/mol. The summed E-state index contributed by atoms with van der Waals surface area (Å²) < 4.78 is 11.0. The van der Waals surface area contributed by atoms with Gasteiger partial charge in [-0.25, -0.2) is 9.59 Å². The van der Waals surface area contributed by atoms with Crippen LogP contribution in [-0.2, 0) is 9.59 Å². The Labute approximate surface area is 236 Å². The van der Waals surface area contributed by atoms with Crippen molar-refractivity contribution in [3.8, 4) is 11.5 Å². The minimum atomic E-state index is -0.612. The molecule has 6 rings (SSSR count). The summed E-state index contributed by atoms with van der Waals surface area (Å²) in [4.78, 5) is 30.0. The van der Waals surface area contributed by atoms with Crippen LogP contribution in [0.5, 0.6) is 11.5 Å². The number of carbonyl (C=O) groups excluding carboxylic acids is 2. The second-order valence-electron chi connectivity index (χ2n) is 11.6. The van der Waals surface area contributed by atoms with E-state index in [1.165, 1.54) is 49.9 Å². The number of hydrogen-bond acceptors (Lipinski definition) is 6. The van der Waals surface area contributed by atoms with E-state index in [1.807, 2.05) is 24.3 Å². The fraction of sp³-hybridized carbons (Fsp3) is 0.412. The molecule has 2 heterocycles. The molecule has 2 aromatic rings. The van der Waals surface area contributed by atoms with Gasteiger partial charge in [0.05, 0.1) is 0 Å². The van der Waals surface area contributed by atoms with Gasteiger partial charge in [-0.3, -0.25) is 9.80 Å². The van der Waals surface area contributed by atoms with Crippen molar-refractivity contribution in [3.63, 3.8) is 0 Å². The molecule has 0 N–H and O–H groups in total. The van der Waals surface area contributed by atoms with Crippen LogP contribution >= 0.6 is 0 Å². The van der Waals surface area contributed by atoms with Crippen molar-refractivity contribution in [2.24, 2.45) is 11.8 Å². The number of esters is 2. The van der Waals surface area contributed by atoms with Crippen LogP contribution in [0.25, 0.3) is 11.1 Å². The Hall–Kier alpha value is -3.48. The van der Waals surface area contributed by atoms with Gasteiger partial charge in [0.1, 0.15) is 11.5 Å². The zero-order valence-corrected chi connectivity index (χ0v) is 23.1. The highest BCUT2D eigenvalue weighted by molar-refractivity contribution is 5.93. The Kier molecular flexibility index (Phi) is 8.26. The minimum Gasteiger partial charge on any atom is -0.423 e. The summed E-state index contributed by atoms with van der Waals surface area (Å²) in [5.74, 6) is 1.43. The summed E-state index contributed by atoms with van der Waals surface area (Å²) in [6.45, 7) is 6.42. The fourth-order valence-corrected chi connectivity index (χ4v) is 5.63. The summed E-state index contributed by atoms with van der Waals surface area (Å²) in [6, 6.07) is 15.2. The van der Waals surface area contributed by atoms with E-state index in [0.29, 0.717) is 11.5 Å². The molecule has 2 saturated carbocycles. The molecule has 0 radical (unpaired) electrons. The van der Waals surface area contributed by atoms with Crippen LogP contribution in [0.4, 0.5) is 0 Å². The Morgan fingerprint density at radius 1 is 0.700 bits per heavy atom. The molecule has 2 aromatic carbocycles. The molecular formula is C34H38N2O4. The van der Waals surface area contributed by atoms with Crippen LogP contribution in [0.1, 0.15) is 49.7 Å². The van der Waals surface area contributed by atoms with E-state index in [0.717, 1.165) is 74.1 Å². The van der Waals surface area contributed by atoms with Gasteiger partial charge in [-0.2, -0.15) is 0 Å². The number of ether oxygens (including phenoxy) is 2. The van der Waals surface area contributed by atoms with E-state index in [9.17, 15) is 9.59 Å². The first kappa shape index (κ1) is 26.7. The number of rotatable bonds is 10. The number of carbonyl (C=O) groups is 2. The lowest BCUT2D eigenvalue weighted by atomic mass is 10.0. The van der Waals surface area contributed by atoms with Gasteiger partial charge in [-0.15, -0.1) is 0 Å². The summed E-state index contributed by atoms with van der Waals surface area (Å²) in [6.07, 6.45) is 14.3. The van der Waals surface area contributed by atoms with Gasteiger partial charge in [0.2, 0.25) is 0 Å². The average molecular weight is 539 g/mol. The third-order valence-corrected chi connectivity index (χ3v) is 8.09. The number of hydrogen-bond donors (Lipinski definition) is 0. The van der Waals surface area contributed by atoms with Gasteiger partial charge in [0, 0.05) is 51.4 Å². The molecule has 0 bridgehead atoms. The second-order valence-corrected chi connectivity index (χ2v) is 11.6. The summed E-state index contributed by atoms with van der Waals surface area (Å²) in [5.41, 5.74) is 4.67. The molecule has 208 valence electrons. The molecule has 6 heteroatoms. The SMILES string of the molecule is O=C(/C=C/C(=O)Oc1cccc(C2=CCCN(CC3CC3)C2)c1)Oc1cccc(C2=CCCN(CC3CC3)C2)c1. The third kappa shape index (κ3) is 7.58. The van der Waals surface area contributed by atoms with Crippen molar-refractivity contribution in [2.75, 3.05) is 39.3 Å². The number of benzene rings is 2. The third-order valence-electron chi connectivity index (χ3n) is 8.09. The average Bonchev–Trinajstić information content (AvgIpc) is 3.91. The lowest BCUT2D eigenvalue weighted by Gasteiger charge is -2.27. The first-order valence-corrected chi connectivity index (χ1v) is 14.7. The van der Waals surface area contributed by atoms with E-state index >= 15 is 0 Å². The van der Waals surface area contributed by atoms with Gasteiger partial charge >= 0.3 is 11.9 Å². The smallest absolute Gasteiger partial charge is 0.336 e. The minimum absolute atomic E-state index is 0.463. The normalized spacial score (nSPS) is 20.2. The Bertz CT molecular complexity index is 1230. The van der Waals surface area contributed by atoms with E-state index in [-0.39, 0.29) is 0 Å². The molecule has 0 amide bonds. The maximum absolute atomic E-state index is 12.5. The topological polar surface area (TPSA) is 59.1 Å². The Morgan fingerprint density at radius 2 is 1.15 bits per heavy atom. The van der Waals surface area contributed by atoms with Crippen LogP contribution in [0.2, 0.25) is 0 Å². The van der Waals surface area contributed by atoms with Gasteiger partial charge in [-0.1, -0.05) is 36.4 Å². The lowest BCUT2D eigenvalue weighted by Crippen LogP contribution is -2.31. The molecule has 0 atom stereocenters. The van der Waals surface area contributed by atoms with Crippen molar-refractivity contribution in [1.82, 2.24) is 9.80 Å². The Balaban J connectivity index is 1.01. The first-order chi connectivity index (χ1) is 19.6. The summed E-state index contributed by atoms with van der Waals surface area (Å²) in [5, 5.41) is 0. The highest BCUT2D eigenvalue weighted by Crippen LogP contribution is 2.33. The van der Waals surface area contributed by atoms with Crippen molar-refractivity contribution in [2.45, 2.75) is 38.5 Å². The zero-order valence-electron chi connectivity index (χ0n) is 23.1. The zero-order chi connectivity index (χ0) is 27.3. The lowest BCUT2D eigenvalue weighted by molar-refractivity contribution is -0.131. The maximum atomic E-state index is 12.5. The molecule has 6 nitrogen and oxygen atoms in total. The molecule has 0 unspecified atom stereocenters.